The number of piperidine rings is 1. The number of nitrogens with one attached hydrogen (secondary N) is 3. The van der Waals surface area contributed by atoms with Crippen molar-refractivity contribution in [1.29, 1.82) is 0 Å². The second-order valence-electron chi connectivity index (χ2n) is 13.8. The van der Waals surface area contributed by atoms with E-state index in [9.17, 15) is 32.4 Å². The summed E-state index contributed by atoms with van der Waals surface area (Å²) in [6.07, 6.45) is 0.409. The summed E-state index contributed by atoms with van der Waals surface area (Å²) in [4.78, 5) is 70.3. The van der Waals surface area contributed by atoms with Gasteiger partial charge in [0.25, 0.3) is 11.8 Å². The summed E-state index contributed by atoms with van der Waals surface area (Å²) in [7, 11) is -3.33. The normalized spacial score (nSPS) is 23.8. The number of hydrogen-bond acceptors (Lipinski definition) is 9. The van der Waals surface area contributed by atoms with Gasteiger partial charge in [0.2, 0.25) is 5.91 Å². The second kappa shape index (κ2) is 12.4. The van der Waals surface area contributed by atoms with Gasteiger partial charge in [-0.1, -0.05) is 24.3 Å². The quantitative estimate of drug-likeness (QED) is 0.397. The van der Waals surface area contributed by atoms with E-state index in [1.807, 2.05) is 4.90 Å². The van der Waals surface area contributed by atoms with E-state index < -0.39 is 56.9 Å². The molecular weight excluding hydrogens is 640 g/mol. The van der Waals surface area contributed by atoms with Crippen LogP contribution in [0.4, 0.5) is 15.3 Å². The van der Waals surface area contributed by atoms with Gasteiger partial charge in [0.05, 0.1) is 28.9 Å². The zero-order valence-corrected chi connectivity index (χ0v) is 28.0. The molecule has 3 N–H and O–H groups in total. The smallest absolute Gasteiger partial charge is 0.410 e. The highest BCUT2D eigenvalue weighted by atomic mass is 32.2. The molecule has 14 nitrogen and oxygen atoms in total. The van der Waals surface area contributed by atoms with Gasteiger partial charge in [-0.2, -0.15) is 0 Å². The molecule has 2 unspecified atom stereocenters. The number of rotatable bonds is 5. The lowest BCUT2D eigenvalue weighted by molar-refractivity contribution is -0.136. The molecule has 1 spiro atoms. The largest absolute Gasteiger partial charge is 0.444 e. The van der Waals surface area contributed by atoms with Crippen LogP contribution < -0.4 is 20.9 Å². The molecule has 0 aromatic heterocycles. The Morgan fingerprint density at radius 1 is 0.979 bits per heavy atom. The number of ether oxygens (including phenoxy) is 1. The fraction of sp³-hybridized carbons (Fsp3) is 0.485. The predicted molar refractivity (Wildman–Crippen MR) is 174 cm³/mol. The van der Waals surface area contributed by atoms with E-state index in [4.69, 9.17) is 4.74 Å². The molecule has 3 fully saturated rings. The number of para-hydroxylation sites is 1. The van der Waals surface area contributed by atoms with E-state index in [1.54, 1.807) is 74.2 Å². The molecule has 256 valence electrons. The van der Waals surface area contributed by atoms with Gasteiger partial charge in [-0.05, 0) is 63.4 Å². The molecule has 48 heavy (non-hydrogen) atoms. The second-order valence-corrected chi connectivity index (χ2v) is 15.8. The monoisotopic (exact) mass is 680 g/mol. The minimum atomic E-state index is -3.33. The van der Waals surface area contributed by atoms with Gasteiger partial charge in [0.1, 0.15) is 5.60 Å². The molecule has 4 heterocycles. The Bertz CT molecular complexity index is 1750. The first-order valence-corrected chi connectivity index (χ1v) is 17.7. The third-order valence-corrected chi connectivity index (χ3v) is 11.0. The molecule has 0 aliphatic carbocycles. The molecule has 4 aliphatic rings. The number of benzene rings is 2. The Hall–Kier alpha value is -4.66. The number of amides is 6. The maximum Gasteiger partial charge on any atom is 0.410 e. The lowest BCUT2D eigenvalue weighted by atomic mass is 9.93. The molecular formula is C33H40N6O8S. The van der Waals surface area contributed by atoms with Gasteiger partial charge in [0.15, 0.2) is 15.4 Å². The van der Waals surface area contributed by atoms with Gasteiger partial charge in [-0.3, -0.25) is 19.7 Å². The van der Waals surface area contributed by atoms with Crippen molar-refractivity contribution >= 4 is 45.4 Å². The molecule has 2 atom stereocenters. The van der Waals surface area contributed by atoms with Crippen molar-refractivity contribution in [3.05, 3.63) is 59.7 Å². The third kappa shape index (κ3) is 6.55. The van der Waals surface area contributed by atoms with Crippen molar-refractivity contribution in [1.82, 2.24) is 25.8 Å². The van der Waals surface area contributed by atoms with Crippen LogP contribution in [-0.4, -0.2) is 104 Å². The van der Waals surface area contributed by atoms with E-state index in [0.29, 0.717) is 55.2 Å². The Kier molecular flexibility index (Phi) is 8.60. The van der Waals surface area contributed by atoms with Crippen molar-refractivity contribution in [3.8, 4) is 0 Å². The summed E-state index contributed by atoms with van der Waals surface area (Å²) in [5, 5.41) is 7.79. The van der Waals surface area contributed by atoms with Crippen LogP contribution in [0.15, 0.2) is 53.4 Å². The third-order valence-electron chi connectivity index (χ3n) is 9.28. The Balaban J connectivity index is 1.11. The zero-order chi connectivity index (χ0) is 34.4. The van der Waals surface area contributed by atoms with Gasteiger partial charge >= 0.3 is 12.1 Å². The van der Waals surface area contributed by atoms with Gasteiger partial charge in [0, 0.05) is 44.2 Å². The average Bonchev–Trinajstić information content (AvgIpc) is 3.54. The summed E-state index contributed by atoms with van der Waals surface area (Å²) < 4.78 is 30.5. The number of carbonyl (C=O) groups excluding carboxylic acids is 5. The van der Waals surface area contributed by atoms with Crippen LogP contribution in [0.25, 0.3) is 0 Å². The van der Waals surface area contributed by atoms with Crippen LogP contribution in [0, 0.1) is 5.92 Å². The van der Waals surface area contributed by atoms with Crippen LogP contribution in [0.2, 0.25) is 0 Å². The minimum absolute atomic E-state index is 0.0138. The topological polar surface area (TPSA) is 175 Å². The number of anilines is 1. The molecule has 3 saturated heterocycles. The number of sulfone groups is 1. The minimum Gasteiger partial charge on any atom is -0.444 e. The number of likely N-dealkylation sites (tertiary alicyclic amines) is 2. The molecule has 2 aromatic carbocycles. The molecule has 0 bridgehead atoms. The summed E-state index contributed by atoms with van der Waals surface area (Å²) in [6, 6.07) is 12.2. The highest BCUT2D eigenvalue weighted by Gasteiger charge is 2.59. The molecule has 2 aromatic rings. The van der Waals surface area contributed by atoms with Crippen molar-refractivity contribution in [2.24, 2.45) is 5.92 Å². The van der Waals surface area contributed by atoms with E-state index >= 15 is 0 Å². The van der Waals surface area contributed by atoms with Crippen LogP contribution in [0.3, 0.4) is 0 Å². The van der Waals surface area contributed by atoms with Gasteiger partial charge in [-0.15, -0.1) is 0 Å². The number of fused-ring (bicyclic) bond motifs is 1. The molecule has 6 rings (SSSR count). The first kappa shape index (κ1) is 33.2. The van der Waals surface area contributed by atoms with E-state index in [1.165, 1.54) is 4.90 Å². The SMILES string of the molecule is CC(C)(C)OC(=O)N1CCC(C(=O)N2CC(NC(=O)c3ccc(CN4CCS(=O)(=O)c5ccccc54)cc3)C3(C2)NC(=O)NC3=O)CC1. The average molecular weight is 681 g/mol. The van der Waals surface area contributed by atoms with Crippen molar-refractivity contribution in [3.63, 3.8) is 0 Å². The van der Waals surface area contributed by atoms with Crippen LogP contribution >= 0.6 is 0 Å². The molecule has 0 saturated carbocycles. The number of imide groups is 1. The van der Waals surface area contributed by atoms with Gasteiger partial charge in [-0.25, -0.2) is 18.0 Å². The highest BCUT2D eigenvalue weighted by Crippen LogP contribution is 2.32. The van der Waals surface area contributed by atoms with Crippen molar-refractivity contribution in [2.75, 3.05) is 43.4 Å². The summed E-state index contributed by atoms with van der Waals surface area (Å²) in [6.45, 7) is 6.77. The molecule has 15 heteroatoms. The van der Waals surface area contributed by atoms with E-state index in [0.717, 1.165) is 5.56 Å². The highest BCUT2D eigenvalue weighted by molar-refractivity contribution is 7.91. The van der Waals surface area contributed by atoms with E-state index in [-0.39, 0.29) is 24.7 Å². The first-order chi connectivity index (χ1) is 22.6. The predicted octanol–water partition coefficient (Wildman–Crippen LogP) is 1.65. The Morgan fingerprint density at radius 3 is 2.31 bits per heavy atom. The summed E-state index contributed by atoms with van der Waals surface area (Å²) >= 11 is 0. The van der Waals surface area contributed by atoms with Crippen LogP contribution in [-0.2, 0) is 30.7 Å². The molecule has 6 amide bonds. The van der Waals surface area contributed by atoms with Crippen LogP contribution in [0.1, 0.15) is 49.5 Å². The first-order valence-electron chi connectivity index (χ1n) is 16.0. The standard InChI is InChI=1S/C33H40N6O8S/c1-32(2,3)47-31(44)37-14-12-23(13-15-37)28(41)39-19-26(33(20-39)29(42)35-30(43)36-33)34-27(40)22-10-8-21(9-11-22)18-38-16-17-48(45,46)25-7-5-4-6-24(25)38/h4-11,23,26H,12-20H2,1-3H3,(H,34,40)(H2,35,36,42,43). The number of urea groups is 1. The lowest BCUT2D eigenvalue weighted by Crippen LogP contribution is -2.62. The number of carbonyl (C=O) groups is 5. The fourth-order valence-corrected chi connectivity index (χ4v) is 8.26. The van der Waals surface area contributed by atoms with Crippen molar-refractivity contribution in [2.45, 2.75) is 62.2 Å². The lowest BCUT2D eigenvalue weighted by Gasteiger charge is -2.34. The van der Waals surface area contributed by atoms with Crippen molar-refractivity contribution < 1.29 is 37.1 Å². The number of nitrogens with zero attached hydrogens (tertiary/aromatic N) is 3. The molecule has 0 radical (unpaired) electrons. The maximum atomic E-state index is 13.6. The maximum absolute atomic E-state index is 13.6. The Labute approximate surface area is 279 Å². The Morgan fingerprint density at radius 2 is 1.67 bits per heavy atom. The van der Waals surface area contributed by atoms with Gasteiger partial charge < -0.3 is 30.1 Å². The summed E-state index contributed by atoms with van der Waals surface area (Å²) in [5.41, 5.74) is -0.327. The number of hydrogen-bond donors (Lipinski definition) is 3. The molecule has 4 aliphatic heterocycles. The summed E-state index contributed by atoms with van der Waals surface area (Å²) in [5.74, 6) is -1.68. The fourth-order valence-electron chi connectivity index (χ4n) is 6.77. The zero-order valence-electron chi connectivity index (χ0n) is 27.2. The van der Waals surface area contributed by atoms with E-state index in [2.05, 4.69) is 16.0 Å². The van der Waals surface area contributed by atoms with Crippen LogP contribution in [0.5, 0.6) is 0 Å².